The van der Waals surface area contributed by atoms with Crippen molar-refractivity contribution < 1.29 is 42.5 Å². The topological polar surface area (TPSA) is 195 Å². The number of rotatable bonds is 12. The number of sulfonamides is 1. The summed E-state index contributed by atoms with van der Waals surface area (Å²) in [5.41, 5.74) is -0.310. The number of aromatic hydroxyl groups is 1. The Labute approximate surface area is 242 Å². The number of aliphatic hydroxyl groups excluding tert-OH is 1. The molecule has 3 rings (SSSR count). The molecule has 0 saturated heterocycles. The van der Waals surface area contributed by atoms with E-state index in [0.717, 1.165) is 6.26 Å². The van der Waals surface area contributed by atoms with Gasteiger partial charge in [0.1, 0.15) is 17.0 Å². The SMILES string of the molecule is COc1ccc(C(C)(NC[C@@H](O)c2ccc(O)c(NS(C)(=O)=O)c2)C(=O)Nc2ccc(CP(=O)(O)O)cc2Cl)cc1. The van der Waals surface area contributed by atoms with E-state index >= 15 is 0 Å². The number of amides is 1. The maximum absolute atomic E-state index is 13.7. The number of ether oxygens (including phenoxy) is 1. The molecule has 0 aromatic heterocycles. The first-order valence-electron chi connectivity index (χ1n) is 12.0. The van der Waals surface area contributed by atoms with Crippen LogP contribution in [0.5, 0.6) is 11.5 Å². The zero-order valence-corrected chi connectivity index (χ0v) is 24.8. The van der Waals surface area contributed by atoms with Crippen LogP contribution in [0.15, 0.2) is 60.7 Å². The summed E-state index contributed by atoms with van der Waals surface area (Å²) >= 11 is 6.31. The molecule has 0 fully saturated rings. The molecule has 0 heterocycles. The minimum atomic E-state index is -4.32. The fourth-order valence-corrected chi connectivity index (χ4v) is 5.43. The first-order chi connectivity index (χ1) is 19.0. The number of hydrogen-bond acceptors (Lipinski definition) is 8. The van der Waals surface area contributed by atoms with Gasteiger partial charge in [-0.15, -0.1) is 0 Å². The van der Waals surface area contributed by atoms with Crippen LogP contribution < -0.4 is 20.1 Å². The molecular formula is C26H31ClN3O9PS. The number of methoxy groups -OCH3 is 1. The third kappa shape index (κ3) is 8.91. The van der Waals surface area contributed by atoms with Crippen LogP contribution in [0.2, 0.25) is 5.02 Å². The highest BCUT2D eigenvalue weighted by atomic mass is 35.5. The van der Waals surface area contributed by atoms with E-state index < -0.39 is 41.3 Å². The second-order valence-corrected chi connectivity index (χ2v) is 13.3. The Balaban J connectivity index is 1.89. The number of halogens is 1. The van der Waals surface area contributed by atoms with Crippen molar-refractivity contribution >= 4 is 46.5 Å². The number of carbonyl (C=O) groups excluding carboxylic acids is 1. The quantitative estimate of drug-likeness (QED) is 0.116. The van der Waals surface area contributed by atoms with E-state index in [2.05, 4.69) is 15.4 Å². The molecule has 0 spiro atoms. The van der Waals surface area contributed by atoms with Gasteiger partial charge >= 0.3 is 7.60 Å². The van der Waals surface area contributed by atoms with Gasteiger partial charge in [-0.1, -0.05) is 35.9 Å². The van der Waals surface area contributed by atoms with Crippen LogP contribution in [-0.4, -0.2) is 54.2 Å². The molecule has 1 amide bonds. The Kier molecular flexibility index (Phi) is 10.1. The number of phenols is 1. The van der Waals surface area contributed by atoms with Crippen molar-refractivity contribution in [3.8, 4) is 11.5 Å². The largest absolute Gasteiger partial charge is 0.506 e. The Bertz CT molecular complexity index is 1560. The van der Waals surface area contributed by atoms with Crippen molar-refractivity contribution in [1.82, 2.24) is 5.32 Å². The maximum atomic E-state index is 13.7. The Hall–Kier alpha value is -3.16. The molecule has 222 valence electrons. The maximum Gasteiger partial charge on any atom is 0.329 e. The second-order valence-electron chi connectivity index (χ2n) is 9.49. The van der Waals surface area contributed by atoms with Gasteiger partial charge in [-0.3, -0.25) is 19.4 Å². The van der Waals surface area contributed by atoms with Gasteiger partial charge in [0.15, 0.2) is 0 Å². The van der Waals surface area contributed by atoms with Gasteiger partial charge < -0.3 is 30.1 Å². The van der Waals surface area contributed by atoms with Crippen LogP contribution in [0.1, 0.15) is 29.7 Å². The molecule has 0 aliphatic heterocycles. The third-order valence-electron chi connectivity index (χ3n) is 6.14. The van der Waals surface area contributed by atoms with Crippen molar-refractivity contribution in [3.05, 3.63) is 82.4 Å². The van der Waals surface area contributed by atoms with Gasteiger partial charge in [0.05, 0.1) is 42.0 Å². The molecule has 0 radical (unpaired) electrons. The summed E-state index contributed by atoms with van der Waals surface area (Å²) in [6, 6.07) is 14.8. The van der Waals surface area contributed by atoms with Crippen LogP contribution in [0.25, 0.3) is 0 Å². The highest BCUT2D eigenvalue weighted by Gasteiger charge is 2.36. The number of phenolic OH excluding ortho intramolecular Hbond substituents is 1. The summed E-state index contributed by atoms with van der Waals surface area (Å²) in [6.07, 6.45) is -0.813. The molecule has 1 unspecified atom stereocenters. The molecule has 2 atom stereocenters. The van der Waals surface area contributed by atoms with Crippen LogP contribution in [0, 0.1) is 0 Å². The Morgan fingerprint density at radius 2 is 1.73 bits per heavy atom. The molecule has 7 N–H and O–H groups in total. The number of hydrogen-bond donors (Lipinski definition) is 7. The van der Waals surface area contributed by atoms with Gasteiger partial charge in [0.2, 0.25) is 15.9 Å². The molecule has 12 nitrogen and oxygen atoms in total. The molecular weight excluding hydrogens is 597 g/mol. The zero-order valence-electron chi connectivity index (χ0n) is 22.3. The predicted molar refractivity (Wildman–Crippen MR) is 156 cm³/mol. The Morgan fingerprint density at radius 1 is 1.07 bits per heavy atom. The number of benzene rings is 3. The van der Waals surface area contributed by atoms with E-state index in [1.807, 2.05) is 0 Å². The number of anilines is 2. The number of carbonyl (C=O) groups is 1. The molecule has 15 heteroatoms. The summed E-state index contributed by atoms with van der Waals surface area (Å²) in [7, 11) is -6.52. The van der Waals surface area contributed by atoms with Crippen LogP contribution in [0.3, 0.4) is 0 Å². The first-order valence-corrected chi connectivity index (χ1v) is 16.1. The summed E-state index contributed by atoms with van der Waals surface area (Å²) < 4.78 is 42.0. The highest BCUT2D eigenvalue weighted by molar-refractivity contribution is 7.92. The van der Waals surface area contributed by atoms with E-state index in [-0.39, 0.29) is 34.3 Å². The van der Waals surface area contributed by atoms with Gasteiger partial charge in [-0.25, -0.2) is 8.42 Å². The van der Waals surface area contributed by atoms with Gasteiger partial charge in [0.25, 0.3) is 0 Å². The standard InChI is InChI=1S/C26H31ClN3O9PS/c1-26(18-6-8-19(39-2)9-7-18,25(33)29-21-10-4-16(12-20(21)27)15-40(34,35)36)28-14-24(32)17-5-11-23(31)22(13-17)30-41(3,37)38/h4-13,24,28,30-32H,14-15H2,1-3H3,(H,29,33)(H2,34,35,36)/t24-,26?/m1/s1. The molecule has 0 bridgehead atoms. The molecule has 3 aromatic rings. The fourth-order valence-electron chi connectivity index (χ4n) is 3.94. The second kappa shape index (κ2) is 12.8. The minimum absolute atomic E-state index is 0.0661. The van der Waals surface area contributed by atoms with E-state index in [9.17, 15) is 37.8 Å². The summed E-state index contributed by atoms with van der Waals surface area (Å²) in [5.74, 6) is -0.342. The van der Waals surface area contributed by atoms with E-state index in [1.165, 1.54) is 43.5 Å². The third-order valence-corrected chi connectivity index (χ3v) is 7.82. The lowest BCUT2D eigenvalue weighted by molar-refractivity contribution is -0.122. The summed E-state index contributed by atoms with van der Waals surface area (Å²) in [6.45, 7) is 1.41. The normalized spacial score (nSPS) is 14.1. The average Bonchev–Trinajstić information content (AvgIpc) is 2.88. The van der Waals surface area contributed by atoms with Crippen molar-refractivity contribution in [2.45, 2.75) is 24.7 Å². The lowest BCUT2D eigenvalue weighted by atomic mass is 9.90. The molecule has 41 heavy (non-hydrogen) atoms. The molecule has 0 saturated carbocycles. The van der Waals surface area contributed by atoms with Crippen LogP contribution >= 0.6 is 19.2 Å². The lowest BCUT2D eigenvalue weighted by Gasteiger charge is -2.32. The van der Waals surface area contributed by atoms with Crippen LogP contribution in [-0.2, 0) is 31.1 Å². The van der Waals surface area contributed by atoms with E-state index in [1.54, 1.807) is 31.2 Å². The van der Waals surface area contributed by atoms with Crippen molar-refractivity contribution in [2.24, 2.45) is 0 Å². The van der Waals surface area contributed by atoms with Crippen molar-refractivity contribution in [1.29, 1.82) is 0 Å². The van der Waals surface area contributed by atoms with Crippen molar-refractivity contribution in [3.63, 3.8) is 0 Å². The van der Waals surface area contributed by atoms with Gasteiger partial charge in [0, 0.05) is 6.54 Å². The monoisotopic (exact) mass is 627 g/mol. The summed E-state index contributed by atoms with van der Waals surface area (Å²) in [5, 5.41) is 26.8. The van der Waals surface area contributed by atoms with Gasteiger partial charge in [-0.05, 0) is 60.0 Å². The predicted octanol–water partition coefficient (Wildman–Crippen LogP) is 3.28. The number of nitrogens with one attached hydrogen (secondary N) is 3. The number of aliphatic hydroxyl groups is 1. The molecule has 3 aromatic carbocycles. The Morgan fingerprint density at radius 3 is 2.29 bits per heavy atom. The summed E-state index contributed by atoms with van der Waals surface area (Å²) in [4.78, 5) is 32.1. The average molecular weight is 628 g/mol. The van der Waals surface area contributed by atoms with Crippen molar-refractivity contribution in [2.75, 3.05) is 29.9 Å². The van der Waals surface area contributed by atoms with E-state index in [4.69, 9.17) is 16.3 Å². The molecule has 0 aliphatic rings. The van der Waals surface area contributed by atoms with Crippen LogP contribution in [0.4, 0.5) is 11.4 Å². The van der Waals surface area contributed by atoms with Gasteiger partial charge in [-0.2, -0.15) is 0 Å². The smallest absolute Gasteiger partial charge is 0.329 e. The van der Waals surface area contributed by atoms with E-state index in [0.29, 0.717) is 16.9 Å². The zero-order chi connectivity index (χ0) is 30.6. The molecule has 0 aliphatic carbocycles. The minimum Gasteiger partial charge on any atom is -0.506 e. The fraction of sp³-hybridized carbons (Fsp3) is 0.269. The highest BCUT2D eigenvalue weighted by Crippen LogP contribution is 2.40. The first kappa shape index (κ1) is 32.4. The lowest BCUT2D eigenvalue weighted by Crippen LogP contribution is -2.51.